The SMILES string of the molecule is Brc1cnc2c(c1)N=C(Cc1ccccc1)C2. The molecule has 2 aromatic rings. The van der Waals surface area contributed by atoms with Crippen molar-refractivity contribution in [1.29, 1.82) is 0 Å². The van der Waals surface area contributed by atoms with Gasteiger partial charge >= 0.3 is 0 Å². The van der Waals surface area contributed by atoms with Crippen LogP contribution in [0.5, 0.6) is 0 Å². The average Bonchev–Trinajstić information content (AvgIpc) is 2.71. The van der Waals surface area contributed by atoms with E-state index in [0.717, 1.165) is 28.7 Å². The summed E-state index contributed by atoms with van der Waals surface area (Å²) in [6.45, 7) is 0. The van der Waals surface area contributed by atoms with Gasteiger partial charge in [-0.2, -0.15) is 0 Å². The molecule has 84 valence electrons. The summed E-state index contributed by atoms with van der Waals surface area (Å²) in [6, 6.07) is 12.5. The summed E-state index contributed by atoms with van der Waals surface area (Å²) in [5, 5.41) is 0. The Labute approximate surface area is 109 Å². The second kappa shape index (κ2) is 4.41. The monoisotopic (exact) mass is 286 g/mol. The predicted octanol–water partition coefficient (Wildman–Crippen LogP) is 3.72. The number of benzene rings is 1. The van der Waals surface area contributed by atoms with E-state index in [1.807, 2.05) is 18.3 Å². The van der Waals surface area contributed by atoms with Gasteiger partial charge in [-0.15, -0.1) is 0 Å². The fourth-order valence-corrected chi connectivity index (χ4v) is 2.35. The number of rotatable bonds is 2. The number of nitrogens with zero attached hydrogens (tertiary/aromatic N) is 2. The van der Waals surface area contributed by atoms with Crippen LogP contribution in [0.15, 0.2) is 52.1 Å². The lowest BCUT2D eigenvalue weighted by Gasteiger charge is -1.99. The van der Waals surface area contributed by atoms with Crippen molar-refractivity contribution in [3.05, 3.63) is 58.3 Å². The highest BCUT2D eigenvalue weighted by Crippen LogP contribution is 2.28. The molecule has 3 rings (SSSR count). The molecule has 17 heavy (non-hydrogen) atoms. The first-order valence-corrected chi connectivity index (χ1v) is 6.35. The Morgan fingerprint density at radius 3 is 2.82 bits per heavy atom. The van der Waals surface area contributed by atoms with Crippen molar-refractivity contribution in [2.24, 2.45) is 4.99 Å². The van der Waals surface area contributed by atoms with Crippen LogP contribution >= 0.6 is 15.9 Å². The number of halogens is 1. The number of fused-ring (bicyclic) bond motifs is 1. The summed E-state index contributed by atoms with van der Waals surface area (Å²) in [4.78, 5) is 9.02. The molecule has 1 aromatic carbocycles. The fraction of sp³-hybridized carbons (Fsp3) is 0.143. The number of aromatic nitrogens is 1. The standard InChI is InChI=1S/C14H11BrN2/c15-11-7-14-13(16-9-11)8-12(17-14)6-10-4-2-1-3-5-10/h1-5,7,9H,6,8H2. The van der Waals surface area contributed by atoms with Crippen molar-refractivity contribution >= 4 is 27.3 Å². The quantitative estimate of drug-likeness (QED) is 0.826. The van der Waals surface area contributed by atoms with E-state index in [1.165, 1.54) is 11.3 Å². The molecule has 0 amide bonds. The van der Waals surface area contributed by atoms with Crippen LogP contribution in [0.25, 0.3) is 0 Å². The van der Waals surface area contributed by atoms with Crippen LogP contribution < -0.4 is 0 Å². The van der Waals surface area contributed by atoms with Crippen LogP contribution in [0.1, 0.15) is 11.3 Å². The Hall–Kier alpha value is -1.48. The average molecular weight is 287 g/mol. The molecule has 0 atom stereocenters. The summed E-state index contributed by atoms with van der Waals surface area (Å²) in [5.41, 5.74) is 4.58. The summed E-state index contributed by atoms with van der Waals surface area (Å²) in [6.07, 6.45) is 3.62. The van der Waals surface area contributed by atoms with Gasteiger partial charge in [-0.1, -0.05) is 30.3 Å². The molecule has 3 heteroatoms. The highest BCUT2D eigenvalue weighted by Gasteiger charge is 2.16. The number of pyridine rings is 1. The van der Waals surface area contributed by atoms with Crippen LogP contribution in [0.4, 0.5) is 5.69 Å². The third kappa shape index (κ3) is 2.29. The van der Waals surface area contributed by atoms with Gasteiger partial charge in [0.25, 0.3) is 0 Å². The summed E-state index contributed by atoms with van der Waals surface area (Å²) in [5.74, 6) is 0. The first-order valence-electron chi connectivity index (χ1n) is 5.56. The highest BCUT2D eigenvalue weighted by atomic mass is 79.9. The van der Waals surface area contributed by atoms with Crippen LogP contribution in [-0.2, 0) is 12.8 Å². The van der Waals surface area contributed by atoms with Gasteiger partial charge in [0.1, 0.15) is 0 Å². The van der Waals surface area contributed by atoms with Gasteiger partial charge in [-0.3, -0.25) is 9.98 Å². The number of hydrogen-bond donors (Lipinski definition) is 0. The maximum Gasteiger partial charge on any atom is 0.0859 e. The van der Waals surface area contributed by atoms with Gasteiger partial charge in [0.05, 0.1) is 11.4 Å². The van der Waals surface area contributed by atoms with Crippen molar-refractivity contribution in [2.75, 3.05) is 0 Å². The second-order valence-corrected chi connectivity index (χ2v) is 5.05. The molecule has 1 aliphatic rings. The zero-order chi connectivity index (χ0) is 11.7. The number of hydrogen-bond acceptors (Lipinski definition) is 2. The van der Waals surface area contributed by atoms with Gasteiger partial charge in [-0.05, 0) is 27.6 Å². The Bertz CT molecular complexity index is 576. The van der Waals surface area contributed by atoms with Crippen molar-refractivity contribution in [3.8, 4) is 0 Å². The van der Waals surface area contributed by atoms with E-state index >= 15 is 0 Å². The van der Waals surface area contributed by atoms with E-state index in [-0.39, 0.29) is 0 Å². The zero-order valence-corrected chi connectivity index (χ0v) is 10.8. The Morgan fingerprint density at radius 1 is 1.18 bits per heavy atom. The van der Waals surface area contributed by atoms with Crippen LogP contribution in [-0.4, -0.2) is 10.7 Å². The lowest BCUT2D eigenvalue weighted by Crippen LogP contribution is -2.03. The molecule has 0 bridgehead atoms. The summed E-state index contributed by atoms with van der Waals surface area (Å²) < 4.78 is 0.987. The van der Waals surface area contributed by atoms with Gasteiger partial charge in [-0.25, -0.2) is 0 Å². The van der Waals surface area contributed by atoms with E-state index in [9.17, 15) is 0 Å². The van der Waals surface area contributed by atoms with Crippen molar-refractivity contribution in [2.45, 2.75) is 12.8 Å². The van der Waals surface area contributed by atoms with Crippen molar-refractivity contribution in [1.82, 2.24) is 4.98 Å². The molecular formula is C14H11BrN2. The summed E-state index contributed by atoms with van der Waals surface area (Å²) >= 11 is 3.42. The predicted molar refractivity (Wildman–Crippen MR) is 72.9 cm³/mol. The molecule has 2 nitrogen and oxygen atoms in total. The maximum absolute atomic E-state index is 4.63. The van der Waals surface area contributed by atoms with Gasteiger partial charge in [0.15, 0.2) is 0 Å². The number of aliphatic imine (C=N–C) groups is 1. The molecule has 0 radical (unpaired) electrons. The van der Waals surface area contributed by atoms with Crippen LogP contribution in [0.3, 0.4) is 0 Å². The largest absolute Gasteiger partial charge is 0.257 e. The third-order valence-electron chi connectivity index (χ3n) is 2.82. The minimum Gasteiger partial charge on any atom is -0.257 e. The molecule has 0 spiro atoms. The minimum absolute atomic E-state index is 0.873. The fourth-order valence-electron chi connectivity index (χ4n) is 2.03. The molecule has 0 N–H and O–H groups in total. The lowest BCUT2D eigenvalue weighted by molar-refractivity contribution is 1.15. The van der Waals surface area contributed by atoms with E-state index in [2.05, 4.69) is 50.2 Å². The van der Waals surface area contributed by atoms with E-state index in [1.54, 1.807) is 0 Å². The minimum atomic E-state index is 0.873. The Kier molecular flexibility index (Phi) is 2.77. The molecule has 1 aliphatic heterocycles. The topological polar surface area (TPSA) is 25.2 Å². The normalized spacial score (nSPS) is 13.4. The molecule has 1 aromatic heterocycles. The molecule has 0 saturated heterocycles. The maximum atomic E-state index is 4.63. The molecule has 0 aliphatic carbocycles. The van der Waals surface area contributed by atoms with Gasteiger partial charge in [0.2, 0.25) is 0 Å². The van der Waals surface area contributed by atoms with Gasteiger partial charge < -0.3 is 0 Å². The Morgan fingerprint density at radius 2 is 2.00 bits per heavy atom. The smallest absolute Gasteiger partial charge is 0.0859 e. The highest BCUT2D eigenvalue weighted by molar-refractivity contribution is 9.10. The molecule has 0 saturated carbocycles. The molecule has 0 fully saturated rings. The molecule has 0 unspecified atom stereocenters. The van der Waals surface area contributed by atoms with Crippen LogP contribution in [0.2, 0.25) is 0 Å². The zero-order valence-electron chi connectivity index (χ0n) is 9.23. The third-order valence-corrected chi connectivity index (χ3v) is 3.25. The molecular weight excluding hydrogens is 276 g/mol. The summed E-state index contributed by atoms with van der Waals surface area (Å²) in [7, 11) is 0. The first kappa shape index (κ1) is 10.7. The van der Waals surface area contributed by atoms with Gasteiger partial charge in [0, 0.05) is 29.2 Å². The van der Waals surface area contributed by atoms with E-state index < -0.39 is 0 Å². The van der Waals surface area contributed by atoms with E-state index in [0.29, 0.717) is 0 Å². The lowest BCUT2D eigenvalue weighted by atomic mass is 10.1. The van der Waals surface area contributed by atoms with Crippen molar-refractivity contribution < 1.29 is 0 Å². The molecule has 2 heterocycles. The van der Waals surface area contributed by atoms with E-state index in [4.69, 9.17) is 0 Å². The van der Waals surface area contributed by atoms with Crippen molar-refractivity contribution in [3.63, 3.8) is 0 Å². The van der Waals surface area contributed by atoms with Crippen LogP contribution in [0, 0.1) is 0 Å². The Balaban J connectivity index is 1.83. The second-order valence-electron chi connectivity index (χ2n) is 4.14. The first-order chi connectivity index (χ1) is 8.31.